The van der Waals surface area contributed by atoms with E-state index in [9.17, 15) is 5.11 Å². The number of ether oxygens (including phenoxy) is 1. The molecule has 2 N–H and O–H groups in total. The molecule has 0 radical (unpaired) electrons. The lowest BCUT2D eigenvalue weighted by Crippen LogP contribution is -2.35. The van der Waals surface area contributed by atoms with Crippen molar-refractivity contribution < 1.29 is 9.84 Å². The molecule has 1 aromatic carbocycles. The van der Waals surface area contributed by atoms with Crippen molar-refractivity contribution in [1.29, 1.82) is 0 Å². The summed E-state index contributed by atoms with van der Waals surface area (Å²) in [6, 6.07) is 6.53. The Balaban J connectivity index is 1.64. The molecule has 0 saturated carbocycles. The Morgan fingerprint density at radius 2 is 2.17 bits per heavy atom. The summed E-state index contributed by atoms with van der Waals surface area (Å²) in [7, 11) is 0. The number of aromatic nitrogens is 1. The maximum Gasteiger partial charge on any atom is 0.0843 e. The van der Waals surface area contributed by atoms with Gasteiger partial charge in [0.15, 0.2) is 0 Å². The molecule has 23 heavy (non-hydrogen) atoms. The van der Waals surface area contributed by atoms with Gasteiger partial charge in [-0.1, -0.05) is 11.6 Å². The molecule has 4 nitrogen and oxygen atoms in total. The highest BCUT2D eigenvalue weighted by molar-refractivity contribution is 5.85. The van der Waals surface area contributed by atoms with Crippen molar-refractivity contribution in [2.45, 2.75) is 52.4 Å². The molecular weight excluding hydrogens is 288 g/mol. The minimum atomic E-state index is -0.397. The largest absolute Gasteiger partial charge is 0.390 e. The molecule has 0 bridgehead atoms. The van der Waals surface area contributed by atoms with Crippen LogP contribution in [0.15, 0.2) is 18.2 Å². The molecule has 2 aromatic rings. The van der Waals surface area contributed by atoms with E-state index in [-0.39, 0.29) is 0 Å². The van der Waals surface area contributed by atoms with E-state index >= 15 is 0 Å². The van der Waals surface area contributed by atoms with Gasteiger partial charge in [-0.25, -0.2) is 0 Å². The topological polar surface area (TPSA) is 46.4 Å². The zero-order valence-electron chi connectivity index (χ0n) is 14.4. The second-order valence-electron chi connectivity index (χ2n) is 6.79. The SMILES string of the molecule is Cc1ccc2c(c1)c(C)c(C)n2CC(O)CNCC1CCCO1. The van der Waals surface area contributed by atoms with Crippen LogP contribution in [0.25, 0.3) is 10.9 Å². The highest BCUT2D eigenvalue weighted by Gasteiger charge is 2.17. The highest BCUT2D eigenvalue weighted by atomic mass is 16.5. The minimum absolute atomic E-state index is 0.321. The first-order valence-electron chi connectivity index (χ1n) is 8.62. The summed E-state index contributed by atoms with van der Waals surface area (Å²) >= 11 is 0. The Bertz CT molecular complexity index is 672. The number of rotatable bonds is 6. The number of hydrogen-bond donors (Lipinski definition) is 2. The molecule has 126 valence electrons. The summed E-state index contributed by atoms with van der Waals surface area (Å²) in [5, 5.41) is 15.0. The Labute approximate surface area is 138 Å². The van der Waals surface area contributed by atoms with Gasteiger partial charge < -0.3 is 19.7 Å². The summed E-state index contributed by atoms with van der Waals surface area (Å²) < 4.78 is 7.83. The van der Waals surface area contributed by atoms with E-state index < -0.39 is 6.10 Å². The molecule has 1 aliphatic heterocycles. The third-order valence-corrected chi connectivity index (χ3v) is 4.96. The van der Waals surface area contributed by atoms with Crippen molar-refractivity contribution in [3.8, 4) is 0 Å². The number of fused-ring (bicyclic) bond motifs is 1. The van der Waals surface area contributed by atoms with Crippen molar-refractivity contribution in [3.63, 3.8) is 0 Å². The van der Waals surface area contributed by atoms with Gasteiger partial charge in [0.25, 0.3) is 0 Å². The average Bonchev–Trinajstić information content (AvgIpc) is 3.11. The molecule has 2 atom stereocenters. The molecule has 1 aliphatic rings. The van der Waals surface area contributed by atoms with Crippen molar-refractivity contribution in [3.05, 3.63) is 35.0 Å². The average molecular weight is 316 g/mol. The van der Waals surface area contributed by atoms with Crippen molar-refractivity contribution >= 4 is 10.9 Å². The van der Waals surface area contributed by atoms with Crippen LogP contribution in [0.4, 0.5) is 0 Å². The summed E-state index contributed by atoms with van der Waals surface area (Å²) in [5.74, 6) is 0. The number of benzene rings is 1. The lowest BCUT2D eigenvalue weighted by molar-refractivity contribution is 0.101. The van der Waals surface area contributed by atoms with E-state index in [0.29, 0.717) is 19.2 Å². The number of nitrogens with one attached hydrogen (secondary N) is 1. The molecule has 2 unspecified atom stereocenters. The summed E-state index contributed by atoms with van der Waals surface area (Å²) in [5.41, 5.74) is 5.03. The smallest absolute Gasteiger partial charge is 0.0843 e. The van der Waals surface area contributed by atoms with E-state index in [1.807, 2.05) is 0 Å². The lowest BCUT2D eigenvalue weighted by Gasteiger charge is -2.17. The van der Waals surface area contributed by atoms with Crippen LogP contribution >= 0.6 is 0 Å². The molecule has 4 heteroatoms. The highest BCUT2D eigenvalue weighted by Crippen LogP contribution is 2.26. The van der Waals surface area contributed by atoms with E-state index in [2.05, 4.69) is 48.9 Å². The number of aliphatic hydroxyl groups excluding tert-OH is 1. The van der Waals surface area contributed by atoms with Crippen LogP contribution in [0.5, 0.6) is 0 Å². The quantitative estimate of drug-likeness (QED) is 0.861. The number of aryl methyl sites for hydroxylation is 2. The van der Waals surface area contributed by atoms with Gasteiger partial charge >= 0.3 is 0 Å². The molecule has 1 fully saturated rings. The number of aliphatic hydroxyl groups is 1. The maximum atomic E-state index is 10.4. The molecule has 0 spiro atoms. The Morgan fingerprint density at radius 3 is 2.91 bits per heavy atom. The molecule has 3 rings (SSSR count). The van der Waals surface area contributed by atoms with Crippen LogP contribution in [0.1, 0.15) is 29.7 Å². The Morgan fingerprint density at radius 1 is 1.35 bits per heavy atom. The standard InChI is InChI=1S/C19H28N2O2/c1-13-6-7-19-18(9-13)14(2)15(3)21(19)12-16(22)10-20-11-17-5-4-8-23-17/h6-7,9,16-17,20,22H,4-5,8,10-12H2,1-3H3. The third-order valence-electron chi connectivity index (χ3n) is 4.96. The van der Waals surface area contributed by atoms with Crippen LogP contribution in [-0.2, 0) is 11.3 Å². The molecule has 2 heterocycles. The fraction of sp³-hybridized carbons (Fsp3) is 0.579. The Kier molecular flexibility index (Phi) is 5.05. The second-order valence-corrected chi connectivity index (χ2v) is 6.79. The van der Waals surface area contributed by atoms with E-state index in [1.54, 1.807) is 0 Å². The van der Waals surface area contributed by atoms with E-state index in [4.69, 9.17) is 4.74 Å². The first-order chi connectivity index (χ1) is 11.1. The van der Waals surface area contributed by atoms with Crippen LogP contribution in [0.3, 0.4) is 0 Å². The number of hydrogen-bond acceptors (Lipinski definition) is 3. The van der Waals surface area contributed by atoms with E-state index in [1.165, 1.54) is 27.7 Å². The summed E-state index contributed by atoms with van der Waals surface area (Å²) in [4.78, 5) is 0. The molecular formula is C19H28N2O2. The first-order valence-corrected chi connectivity index (χ1v) is 8.62. The zero-order valence-corrected chi connectivity index (χ0v) is 14.4. The molecule has 1 saturated heterocycles. The number of nitrogens with zero attached hydrogens (tertiary/aromatic N) is 1. The molecule has 0 amide bonds. The van der Waals surface area contributed by atoms with Gasteiger partial charge in [0.1, 0.15) is 0 Å². The van der Waals surface area contributed by atoms with Gasteiger partial charge in [-0.3, -0.25) is 0 Å². The zero-order chi connectivity index (χ0) is 16.4. The first kappa shape index (κ1) is 16.5. The predicted molar refractivity (Wildman–Crippen MR) is 94.0 cm³/mol. The second kappa shape index (κ2) is 7.04. The molecule has 1 aromatic heterocycles. The van der Waals surface area contributed by atoms with Gasteiger partial charge in [0, 0.05) is 36.3 Å². The normalized spacial score (nSPS) is 19.6. The monoisotopic (exact) mass is 316 g/mol. The Hall–Kier alpha value is -1.36. The van der Waals surface area contributed by atoms with Crippen LogP contribution in [0, 0.1) is 20.8 Å². The maximum absolute atomic E-state index is 10.4. The van der Waals surface area contributed by atoms with Gasteiger partial charge in [-0.15, -0.1) is 0 Å². The van der Waals surface area contributed by atoms with Crippen LogP contribution in [0.2, 0.25) is 0 Å². The third kappa shape index (κ3) is 3.60. The van der Waals surface area contributed by atoms with Gasteiger partial charge in [-0.05, 0) is 51.3 Å². The van der Waals surface area contributed by atoms with Crippen molar-refractivity contribution in [2.75, 3.05) is 19.7 Å². The van der Waals surface area contributed by atoms with Gasteiger partial charge in [-0.2, -0.15) is 0 Å². The van der Waals surface area contributed by atoms with Gasteiger partial charge in [0.2, 0.25) is 0 Å². The van der Waals surface area contributed by atoms with E-state index in [0.717, 1.165) is 26.0 Å². The van der Waals surface area contributed by atoms with Gasteiger partial charge in [0.05, 0.1) is 18.8 Å². The fourth-order valence-corrected chi connectivity index (χ4v) is 3.49. The lowest BCUT2D eigenvalue weighted by atomic mass is 10.1. The fourth-order valence-electron chi connectivity index (χ4n) is 3.49. The summed E-state index contributed by atoms with van der Waals surface area (Å²) in [6.07, 6.45) is 2.21. The van der Waals surface area contributed by atoms with Crippen molar-refractivity contribution in [1.82, 2.24) is 9.88 Å². The summed E-state index contributed by atoms with van der Waals surface area (Å²) in [6.45, 7) is 9.35. The van der Waals surface area contributed by atoms with Crippen molar-refractivity contribution in [2.24, 2.45) is 0 Å². The minimum Gasteiger partial charge on any atom is -0.390 e. The predicted octanol–water partition coefficient (Wildman–Crippen LogP) is 2.70. The molecule has 0 aliphatic carbocycles. The van der Waals surface area contributed by atoms with Crippen LogP contribution in [-0.4, -0.2) is 41.6 Å². The van der Waals surface area contributed by atoms with Crippen LogP contribution < -0.4 is 5.32 Å².